The van der Waals surface area contributed by atoms with Crippen LogP contribution in [0.2, 0.25) is 0 Å². The fourth-order valence-corrected chi connectivity index (χ4v) is 2.48. The highest BCUT2D eigenvalue weighted by atomic mass is 19.4. The number of alkyl halides is 3. The Morgan fingerprint density at radius 1 is 1.30 bits per heavy atom. The molecule has 0 spiro atoms. The summed E-state index contributed by atoms with van der Waals surface area (Å²) in [5.74, 6) is -0.654. The van der Waals surface area contributed by atoms with Crippen LogP contribution in [-0.4, -0.2) is 35.1 Å². The summed E-state index contributed by atoms with van der Waals surface area (Å²) in [5, 5.41) is 0. The van der Waals surface area contributed by atoms with Gasteiger partial charge in [0.15, 0.2) is 5.54 Å². The molecule has 1 amide bonds. The van der Waals surface area contributed by atoms with Gasteiger partial charge in [-0.15, -0.1) is 0 Å². The van der Waals surface area contributed by atoms with Gasteiger partial charge in [0.1, 0.15) is 0 Å². The van der Waals surface area contributed by atoms with Crippen molar-refractivity contribution >= 4 is 5.91 Å². The van der Waals surface area contributed by atoms with Gasteiger partial charge >= 0.3 is 6.18 Å². The van der Waals surface area contributed by atoms with Crippen LogP contribution in [0.3, 0.4) is 0 Å². The SMILES string of the molecule is CC(C)CCN(C(=O)C(C)(N)C(F)(F)F)C1CCCC1. The number of hydrogen-bond donors (Lipinski definition) is 1. The molecule has 1 fully saturated rings. The zero-order chi connectivity index (χ0) is 15.6. The quantitative estimate of drug-likeness (QED) is 0.847. The van der Waals surface area contributed by atoms with E-state index in [1.807, 2.05) is 13.8 Å². The predicted octanol–water partition coefficient (Wildman–Crippen LogP) is 3.08. The molecule has 0 radical (unpaired) electrons. The van der Waals surface area contributed by atoms with Crippen LogP contribution in [0.5, 0.6) is 0 Å². The topological polar surface area (TPSA) is 46.3 Å². The maximum absolute atomic E-state index is 13.0. The Hall–Kier alpha value is -0.780. The number of carbonyl (C=O) groups excluding carboxylic acids is 1. The molecule has 118 valence electrons. The molecule has 0 aromatic heterocycles. The van der Waals surface area contributed by atoms with E-state index in [-0.39, 0.29) is 6.04 Å². The molecule has 1 aliphatic rings. The summed E-state index contributed by atoms with van der Waals surface area (Å²) in [4.78, 5) is 13.7. The van der Waals surface area contributed by atoms with E-state index in [9.17, 15) is 18.0 Å². The highest BCUT2D eigenvalue weighted by molar-refractivity contribution is 5.87. The first kappa shape index (κ1) is 17.3. The van der Waals surface area contributed by atoms with Crippen LogP contribution in [0.4, 0.5) is 13.2 Å². The zero-order valence-electron chi connectivity index (χ0n) is 12.5. The van der Waals surface area contributed by atoms with Crippen molar-refractivity contribution in [3.05, 3.63) is 0 Å². The highest BCUT2D eigenvalue weighted by Gasteiger charge is 2.56. The van der Waals surface area contributed by atoms with Gasteiger partial charge in [0.2, 0.25) is 0 Å². The smallest absolute Gasteiger partial charge is 0.338 e. The lowest BCUT2D eigenvalue weighted by atomic mass is 9.98. The second-order valence-electron chi connectivity index (χ2n) is 6.32. The van der Waals surface area contributed by atoms with Crippen LogP contribution < -0.4 is 5.73 Å². The summed E-state index contributed by atoms with van der Waals surface area (Å²) < 4.78 is 38.9. The van der Waals surface area contributed by atoms with Gasteiger partial charge in [0, 0.05) is 12.6 Å². The molecular formula is C14H25F3N2O. The van der Waals surface area contributed by atoms with Crippen LogP contribution in [-0.2, 0) is 4.79 Å². The van der Waals surface area contributed by atoms with E-state index >= 15 is 0 Å². The molecule has 1 rings (SSSR count). The van der Waals surface area contributed by atoms with Gasteiger partial charge in [-0.2, -0.15) is 13.2 Å². The summed E-state index contributed by atoms with van der Waals surface area (Å²) in [7, 11) is 0. The summed E-state index contributed by atoms with van der Waals surface area (Å²) in [6.07, 6.45) is -0.558. The predicted molar refractivity (Wildman–Crippen MR) is 72.1 cm³/mol. The molecule has 1 saturated carbocycles. The Kier molecular flexibility index (Phi) is 5.46. The second kappa shape index (κ2) is 6.33. The molecule has 1 atom stereocenters. The Balaban J connectivity index is 2.88. The molecule has 0 saturated heterocycles. The fourth-order valence-electron chi connectivity index (χ4n) is 2.48. The number of nitrogens with two attached hydrogens (primary N) is 1. The van der Waals surface area contributed by atoms with Crippen molar-refractivity contribution < 1.29 is 18.0 Å². The van der Waals surface area contributed by atoms with Crippen molar-refractivity contribution in [2.75, 3.05) is 6.54 Å². The van der Waals surface area contributed by atoms with E-state index in [0.29, 0.717) is 18.9 Å². The minimum atomic E-state index is -4.72. The summed E-state index contributed by atoms with van der Waals surface area (Å²) in [5.41, 5.74) is 2.50. The van der Waals surface area contributed by atoms with Crippen molar-refractivity contribution in [2.24, 2.45) is 11.7 Å². The number of nitrogens with zero attached hydrogens (tertiary/aromatic N) is 1. The second-order valence-corrected chi connectivity index (χ2v) is 6.32. The minimum absolute atomic E-state index is 0.0912. The molecule has 3 nitrogen and oxygen atoms in total. The first-order chi connectivity index (χ1) is 9.07. The van der Waals surface area contributed by atoms with Gasteiger partial charge in [-0.1, -0.05) is 26.7 Å². The number of carbonyl (C=O) groups is 1. The molecule has 0 aromatic carbocycles. The molecule has 2 N–H and O–H groups in total. The maximum Gasteiger partial charge on any atom is 0.415 e. The molecular weight excluding hydrogens is 269 g/mol. The molecule has 20 heavy (non-hydrogen) atoms. The molecule has 1 aliphatic carbocycles. The maximum atomic E-state index is 13.0. The Morgan fingerprint density at radius 2 is 1.80 bits per heavy atom. The molecule has 0 heterocycles. The largest absolute Gasteiger partial charge is 0.415 e. The first-order valence-corrected chi connectivity index (χ1v) is 7.24. The lowest BCUT2D eigenvalue weighted by Gasteiger charge is -2.37. The third-order valence-corrected chi connectivity index (χ3v) is 4.01. The molecule has 0 aromatic rings. The van der Waals surface area contributed by atoms with Gasteiger partial charge in [0.05, 0.1) is 0 Å². The van der Waals surface area contributed by atoms with Crippen molar-refractivity contribution in [1.29, 1.82) is 0 Å². The van der Waals surface area contributed by atoms with Crippen LogP contribution in [0.15, 0.2) is 0 Å². The van der Waals surface area contributed by atoms with Crippen LogP contribution in [0.25, 0.3) is 0 Å². The Morgan fingerprint density at radius 3 is 2.20 bits per heavy atom. The average molecular weight is 294 g/mol. The van der Waals surface area contributed by atoms with E-state index in [2.05, 4.69) is 0 Å². The summed E-state index contributed by atoms with van der Waals surface area (Å²) in [6.45, 7) is 5.10. The van der Waals surface area contributed by atoms with E-state index in [0.717, 1.165) is 32.6 Å². The van der Waals surface area contributed by atoms with Crippen molar-refractivity contribution in [3.8, 4) is 0 Å². The van der Waals surface area contributed by atoms with Crippen LogP contribution in [0, 0.1) is 5.92 Å². The first-order valence-electron chi connectivity index (χ1n) is 7.24. The van der Waals surface area contributed by atoms with Crippen LogP contribution >= 0.6 is 0 Å². The third-order valence-electron chi connectivity index (χ3n) is 4.01. The average Bonchev–Trinajstić information content (AvgIpc) is 2.80. The fraction of sp³-hybridized carbons (Fsp3) is 0.929. The number of amides is 1. The highest BCUT2D eigenvalue weighted by Crippen LogP contribution is 2.32. The Labute approximate surface area is 118 Å². The minimum Gasteiger partial charge on any atom is -0.338 e. The standard InChI is InChI=1S/C14H25F3N2O/c1-10(2)8-9-19(11-6-4-5-7-11)12(20)13(3,18)14(15,16)17/h10-11H,4-9,18H2,1-3H3. The Bertz CT molecular complexity index is 334. The van der Waals surface area contributed by atoms with Crippen molar-refractivity contribution in [3.63, 3.8) is 0 Å². The number of hydrogen-bond acceptors (Lipinski definition) is 2. The van der Waals surface area contributed by atoms with E-state index in [4.69, 9.17) is 5.73 Å². The van der Waals surface area contributed by atoms with Crippen molar-refractivity contribution in [1.82, 2.24) is 4.90 Å². The van der Waals surface area contributed by atoms with Gasteiger partial charge in [-0.05, 0) is 32.1 Å². The normalized spacial score (nSPS) is 20.2. The van der Waals surface area contributed by atoms with Gasteiger partial charge < -0.3 is 10.6 Å². The third kappa shape index (κ3) is 3.87. The van der Waals surface area contributed by atoms with Gasteiger partial charge in [-0.25, -0.2) is 0 Å². The number of halogens is 3. The van der Waals surface area contributed by atoms with Gasteiger partial charge in [0.25, 0.3) is 5.91 Å². The van der Waals surface area contributed by atoms with E-state index in [1.165, 1.54) is 4.90 Å². The lowest BCUT2D eigenvalue weighted by molar-refractivity contribution is -0.195. The lowest BCUT2D eigenvalue weighted by Crippen LogP contribution is -2.63. The van der Waals surface area contributed by atoms with E-state index in [1.54, 1.807) is 0 Å². The summed E-state index contributed by atoms with van der Waals surface area (Å²) >= 11 is 0. The molecule has 0 bridgehead atoms. The molecule has 1 unspecified atom stereocenters. The number of rotatable bonds is 5. The van der Waals surface area contributed by atoms with Crippen LogP contribution in [0.1, 0.15) is 52.9 Å². The molecule has 6 heteroatoms. The molecule has 0 aliphatic heterocycles. The summed E-state index contributed by atoms with van der Waals surface area (Å²) in [6, 6.07) is -0.0912. The monoisotopic (exact) mass is 294 g/mol. The zero-order valence-corrected chi connectivity index (χ0v) is 12.5. The van der Waals surface area contributed by atoms with Crippen molar-refractivity contribution in [2.45, 2.75) is 70.6 Å². The van der Waals surface area contributed by atoms with E-state index < -0.39 is 17.6 Å². The van der Waals surface area contributed by atoms with Gasteiger partial charge in [-0.3, -0.25) is 4.79 Å².